The Hall–Kier alpha value is -1.53. The zero-order valence-electron chi connectivity index (χ0n) is 14.1. The van der Waals surface area contributed by atoms with Crippen LogP contribution in [0.1, 0.15) is 27.0 Å². The molecule has 3 rings (SSSR count). The quantitative estimate of drug-likeness (QED) is 0.684. The van der Waals surface area contributed by atoms with Gasteiger partial charge in [-0.05, 0) is 41.0 Å². The molecule has 0 aliphatic carbocycles. The molecular formula is C19H20Cl2N2O2S. The van der Waals surface area contributed by atoms with Crippen molar-refractivity contribution < 1.29 is 9.59 Å². The molecule has 138 valence electrons. The highest BCUT2D eigenvalue weighted by atomic mass is 35.5. The second kappa shape index (κ2) is 9.97. The molecule has 0 aromatic heterocycles. The van der Waals surface area contributed by atoms with Crippen LogP contribution in [-0.2, 0) is 24.4 Å². The number of fused-ring (bicyclic) bond motifs is 1. The molecule has 1 aliphatic heterocycles. The summed E-state index contributed by atoms with van der Waals surface area (Å²) in [5, 5.41) is 6.81. The van der Waals surface area contributed by atoms with Crippen LogP contribution in [0, 0.1) is 0 Å². The first kappa shape index (κ1) is 20.8. The van der Waals surface area contributed by atoms with Gasteiger partial charge in [0, 0.05) is 30.2 Å². The number of halogens is 2. The first-order valence-corrected chi connectivity index (χ1v) is 9.60. The summed E-state index contributed by atoms with van der Waals surface area (Å²) in [5.74, 6) is 0.485. The maximum absolute atomic E-state index is 12.0. The highest BCUT2D eigenvalue weighted by molar-refractivity contribution is 8.00. The van der Waals surface area contributed by atoms with Crippen molar-refractivity contribution in [3.05, 3.63) is 69.7 Å². The van der Waals surface area contributed by atoms with Crippen molar-refractivity contribution in [2.45, 2.75) is 19.6 Å². The molecule has 0 atom stereocenters. The molecule has 0 saturated heterocycles. The van der Waals surface area contributed by atoms with E-state index in [-0.39, 0.29) is 35.6 Å². The van der Waals surface area contributed by atoms with E-state index in [0.29, 0.717) is 17.1 Å². The molecule has 26 heavy (non-hydrogen) atoms. The normalized spacial score (nSPS) is 12.2. The minimum atomic E-state index is -0.0625. The Morgan fingerprint density at radius 3 is 2.54 bits per heavy atom. The molecule has 0 radical (unpaired) electrons. The first-order valence-electron chi connectivity index (χ1n) is 8.06. The number of rotatable bonds is 7. The van der Waals surface area contributed by atoms with E-state index in [4.69, 9.17) is 11.6 Å². The number of ketones is 1. The third kappa shape index (κ3) is 5.74. The van der Waals surface area contributed by atoms with Gasteiger partial charge in [0.1, 0.15) is 0 Å². The van der Waals surface area contributed by atoms with E-state index in [1.54, 1.807) is 24.3 Å². The maximum atomic E-state index is 12.0. The zero-order valence-corrected chi connectivity index (χ0v) is 16.5. The fourth-order valence-electron chi connectivity index (χ4n) is 2.67. The van der Waals surface area contributed by atoms with E-state index in [0.717, 1.165) is 18.7 Å². The van der Waals surface area contributed by atoms with Crippen LogP contribution in [0.3, 0.4) is 0 Å². The third-order valence-electron chi connectivity index (χ3n) is 4.02. The number of Topliss-reactive ketones (excluding diaryl/α,β-unsaturated/α-hetero) is 1. The molecule has 1 aliphatic rings. The van der Waals surface area contributed by atoms with Crippen LogP contribution in [-0.4, -0.2) is 23.2 Å². The minimum Gasteiger partial charge on any atom is -0.351 e. The van der Waals surface area contributed by atoms with Crippen LogP contribution in [0.15, 0.2) is 42.5 Å². The molecular weight excluding hydrogens is 391 g/mol. The van der Waals surface area contributed by atoms with Crippen LogP contribution in [0.5, 0.6) is 0 Å². The maximum Gasteiger partial charge on any atom is 0.230 e. The summed E-state index contributed by atoms with van der Waals surface area (Å²) in [6, 6.07) is 13.1. The molecule has 0 saturated carbocycles. The number of thioether (sulfide) groups is 1. The SMILES string of the molecule is Cl.O=C(CSCC(=O)c1ccc(Cl)cc1)NCc1ccc2c(c1)CNC2. The monoisotopic (exact) mass is 410 g/mol. The fourth-order valence-corrected chi connectivity index (χ4v) is 3.53. The van der Waals surface area contributed by atoms with E-state index < -0.39 is 0 Å². The molecule has 4 nitrogen and oxygen atoms in total. The molecule has 0 unspecified atom stereocenters. The Balaban J connectivity index is 0.00000243. The molecule has 0 spiro atoms. The number of amides is 1. The molecule has 2 aromatic rings. The van der Waals surface area contributed by atoms with E-state index in [9.17, 15) is 9.59 Å². The Morgan fingerprint density at radius 1 is 1.04 bits per heavy atom. The van der Waals surface area contributed by atoms with Gasteiger partial charge in [-0.15, -0.1) is 24.2 Å². The standard InChI is InChI=1S/C19H19ClN2O2S.ClH/c20-17-5-3-14(4-6-17)18(23)11-25-12-19(24)22-8-13-1-2-15-9-21-10-16(15)7-13;/h1-7,21H,8-12H2,(H,22,24);1H. The number of carbonyl (C=O) groups excluding carboxylic acids is 2. The van der Waals surface area contributed by atoms with Gasteiger partial charge < -0.3 is 10.6 Å². The van der Waals surface area contributed by atoms with Crippen LogP contribution in [0.2, 0.25) is 5.02 Å². The highest BCUT2D eigenvalue weighted by Gasteiger charge is 2.11. The highest BCUT2D eigenvalue weighted by Crippen LogP contribution is 2.17. The van der Waals surface area contributed by atoms with Crippen LogP contribution in [0.4, 0.5) is 0 Å². The molecule has 0 bridgehead atoms. The van der Waals surface area contributed by atoms with Gasteiger partial charge in [-0.25, -0.2) is 0 Å². The summed E-state index contributed by atoms with van der Waals surface area (Å²) in [6.45, 7) is 2.32. The smallest absolute Gasteiger partial charge is 0.230 e. The molecule has 7 heteroatoms. The van der Waals surface area contributed by atoms with Gasteiger partial charge >= 0.3 is 0 Å². The van der Waals surface area contributed by atoms with Gasteiger partial charge in [-0.1, -0.05) is 29.8 Å². The van der Waals surface area contributed by atoms with Crippen LogP contribution in [0.25, 0.3) is 0 Å². The van der Waals surface area contributed by atoms with Crippen molar-refractivity contribution in [2.24, 2.45) is 0 Å². The lowest BCUT2D eigenvalue weighted by Gasteiger charge is -2.07. The second-order valence-corrected chi connectivity index (χ2v) is 7.33. The molecule has 2 N–H and O–H groups in total. The van der Waals surface area contributed by atoms with Crippen LogP contribution < -0.4 is 10.6 Å². The lowest BCUT2D eigenvalue weighted by molar-refractivity contribution is -0.118. The number of hydrogen-bond acceptors (Lipinski definition) is 4. The van der Waals surface area contributed by atoms with Crippen molar-refractivity contribution in [2.75, 3.05) is 11.5 Å². The third-order valence-corrected chi connectivity index (χ3v) is 5.21. The molecule has 2 aromatic carbocycles. The summed E-state index contributed by atoms with van der Waals surface area (Å²) in [5.41, 5.74) is 4.34. The summed E-state index contributed by atoms with van der Waals surface area (Å²) in [6.07, 6.45) is 0. The largest absolute Gasteiger partial charge is 0.351 e. The minimum absolute atomic E-state index is 0. The zero-order chi connectivity index (χ0) is 17.6. The average molecular weight is 411 g/mol. The molecule has 1 amide bonds. The summed E-state index contributed by atoms with van der Waals surface area (Å²) in [7, 11) is 0. The predicted molar refractivity (Wildman–Crippen MR) is 109 cm³/mol. The van der Waals surface area contributed by atoms with Crippen molar-refractivity contribution in [1.29, 1.82) is 0 Å². The lowest BCUT2D eigenvalue weighted by Crippen LogP contribution is -2.25. The van der Waals surface area contributed by atoms with Crippen molar-refractivity contribution >= 4 is 47.5 Å². The summed E-state index contributed by atoms with van der Waals surface area (Å²) in [4.78, 5) is 24.0. The number of hydrogen-bond donors (Lipinski definition) is 2. The Morgan fingerprint density at radius 2 is 1.77 bits per heavy atom. The van der Waals surface area contributed by atoms with E-state index in [2.05, 4.69) is 22.8 Å². The first-order chi connectivity index (χ1) is 12.1. The second-order valence-electron chi connectivity index (χ2n) is 5.91. The molecule has 0 fully saturated rings. The van der Waals surface area contributed by atoms with Gasteiger partial charge in [-0.2, -0.15) is 0 Å². The summed E-state index contributed by atoms with van der Waals surface area (Å²) < 4.78 is 0. The van der Waals surface area contributed by atoms with E-state index >= 15 is 0 Å². The van der Waals surface area contributed by atoms with E-state index in [1.165, 1.54) is 22.9 Å². The number of nitrogens with one attached hydrogen (secondary N) is 2. The predicted octanol–water partition coefficient (Wildman–Crippen LogP) is 3.60. The van der Waals surface area contributed by atoms with Gasteiger partial charge in [0.2, 0.25) is 5.91 Å². The van der Waals surface area contributed by atoms with Crippen molar-refractivity contribution in [3.63, 3.8) is 0 Å². The topological polar surface area (TPSA) is 58.2 Å². The van der Waals surface area contributed by atoms with Gasteiger partial charge in [-0.3, -0.25) is 9.59 Å². The number of carbonyl (C=O) groups is 2. The summed E-state index contributed by atoms with van der Waals surface area (Å²) >= 11 is 7.12. The van der Waals surface area contributed by atoms with Gasteiger partial charge in [0.15, 0.2) is 5.78 Å². The lowest BCUT2D eigenvalue weighted by atomic mass is 10.1. The Kier molecular flexibility index (Phi) is 7.97. The molecule has 1 heterocycles. The van der Waals surface area contributed by atoms with Gasteiger partial charge in [0.05, 0.1) is 11.5 Å². The van der Waals surface area contributed by atoms with Gasteiger partial charge in [0.25, 0.3) is 0 Å². The average Bonchev–Trinajstić information content (AvgIpc) is 3.08. The Bertz CT molecular complexity index is 782. The fraction of sp³-hybridized carbons (Fsp3) is 0.263. The van der Waals surface area contributed by atoms with E-state index in [1.807, 2.05) is 6.07 Å². The Labute approximate surface area is 168 Å². The number of benzene rings is 2. The van der Waals surface area contributed by atoms with Crippen LogP contribution >= 0.6 is 35.8 Å². The van der Waals surface area contributed by atoms with Crippen molar-refractivity contribution in [1.82, 2.24) is 10.6 Å². The van der Waals surface area contributed by atoms with Crippen molar-refractivity contribution in [3.8, 4) is 0 Å².